The lowest BCUT2D eigenvalue weighted by atomic mass is 10.3. The molecule has 130 valence electrons. The van der Waals surface area contributed by atoms with Gasteiger partial charge in [0.15, 0.2) is 5.11 Å². The minimum atomic E-state index is -3.74. The van der Waals surface area contributed by atoms with E-state index < -0.39 is 10.0 Å². The summed E-state index contributed by atoms with van der Waals surface area (Å²) in [6, 6.07) is 7.89. The van der Waals surface area contributed by atoms with E-state index in [1.807, 2.05) is 0 Å². The van der Waals surface area contributed by atoms with E-state index in [4.69, 9.17) is 24.4 Å². The van der Waals surface area contributed by atoms with Crippen molar-refractivity contribution in [2.75, 3.05) is 7.05 Å². The summed E-state index contributed by atoms with van der Waals surface area (Å²) < 4.78 is 26.4. The quantitative estimate of drug-likeness (QED) is 0.335. The molecule has 1 aromatic carbocycles. The van der Waals surface area contributed by atoms with E-state index >= 15 is 0 Å². The van der Waals surface area contributed by atoms with E-state index in [2.05, 4.69) is 31.1 Å². The van der Waals surface area contributed by atoms with Crippen molar-refractivity contribution >= 4 is 56.1 Å². The van der Waals surface area contributed by atoms with Crippen LogP contribution in [0, 0.1) is 0 Å². The van der Waals surface area contributed by atoms with Gasteiger partial charge in [0, 0.05) is 7.05 Å². The van der Waals surface area contributed by atoms with Gasteiger partial charge in [-0.05, 0) is 50.4 Å². The molecule has 0 aliphatic carbocycles. The Hall–Kier alpha value is -2.11. The highest BCUT2D eigenvalue weighted by molar-refractivity contribution is 7.91. The van der Waals surface area contributed by atoms with E-state index in [9.17, 15) is 8.42 Å². The van der Waals surface area contributed by atoms with Gasteiger partial charge in [0.1, 0.15) is 0 Å². The van der Waals surface area contributed by atoms with Gasteiger partial charge in [0.05, 0.1) is 16.3 Å². The predicted octanol–water partition coefficient (Wildman–Crippen LogP) is 0.685. The minimum absolute atomic E-state index is 0.109. The minimum Gasteiger partial charge on any atom is -0.364 e. The Morgan fingerprint density at radius 1 is 0.958 bits per heavy atom. The Morgan fingerprint density at radius 3 is 1.96 bits per heavy atom. The molecule has 24 heavy (non-hydrogen) atoms. The molecule has 0 unspecified atom stereocenters. The maximum absolute atomic E-state index is 12.1. The van der Waals surface area contributed by atoms with Gasteiger partial charge in [-0.2, -0.15) is 10.2 Å². The smallest absolute Gasteiger partial charge is 0.263 e. The van der Waals surface area contributed by atoms with Crippen LogP contribution in [0.25, 0.3) is 0 Å². The van der Waals surface area contributed by atoms with Gasteiger partial charge in [0.25, 0.3) is 10.0 Å². The molecule has 0 amide bonds. The molecule has 0 spiro atoms. The average Bonchev–Trinajstić information content (AvgIpc) is 2.57. The van der Waals surface area contributed by atoms with Gasteiger partial charge in [0.2, 0.25) is 5.11 Å². The van der Waals surface area contributed by atoms with Gasteiger partial charge in [-0.25, -0.2) is 8.42 Å². The third-order valence-electron chi connectivity index (χ3n) is 2.68. The summed E-state index contributed by atoms with van der Waals surface area (Å²) in [7, 11) is -2.08. The summed E-state index contributed by atoms with van der Waals surface area (Å²) in [6.45, 7) is 3.40. The average molecular weight is 387 g/mol. The van der Waals surface area contributed by atoms with Gasteiger partial charge in [-0.15, -0.1) is 0 Å². The van der Waals surface area contributed by atoms with Crippen molar-refractivity contribution in [2.24, 2.45) is 10.2 Å². The number of hydrazone groups is 2. The van der Waals surface area contributed by atoms with E-state index in [0.717, 1.165) is 0 Å². The zero-order chi connectivity index (χ0) is 18.2. The second-order valence-electron chi connectivity index (χ2n) is 4.44. The summed E-state index contributed by atoms with van der Waals surface area (Å²) >= 11 is 9.83. The van der Waals surface area contributed by atoms with E-state index in [-0.39, 0.29) is 10.0 Å². The lowest BCUT2D eigenvalue weighted by molar-refractivity contribution is 0.592. The largest absolute Gasteiger partial charge is 0.364 e. The van der Waals surface area contributed by atoms with Crippen molar-refractivity contribution in [1.29, 1.82) is 0 Å². The van der Waals surface area contributed by atoms with Crippen molar-refractivity contribution < 1.29 is 8.42 Å². The Morgan fingerprint density at radius 2 is 1.46 bits per heavy atom. The maximum atomic E-state index is 12.1. The molecule has 0 saturated heterocycles. The third kappa shape index (κ3) is 6.56. The molecule has 0 aliphatic rings. The first-order chi connectivity index (χ1) is 11.3. The summed E-state index contributed by atoms with van der Waals surface area (Å²) in [5.74, 6) is 0. The molecule has 0 aromatic heterocycles. The van der Waals surface area contributed by atoms with Crippen LogP contribution in [0.2, 0.25) is 0 Å². The lowest BCUT2D eigenvalue weighted by Gasteiger charge is -2.09. The number of nitrogens with zero attached hydrogens (tertiary/aromatic N) is 2. The second-order valence-corrected chi connectivity index (χ2v) is 6.94. The first-order valence-electron chi connectivity index (χ1n) is 6.70. The molecule has 0 aliphatic heterocycles. The van der Waals surface area contributed by atoms with Crippen LogP contribution in [0.3, 0.4) is 0 Å². The highest BCUT2D eigenvalue weighted by Gasteiger charge is 2.14. The van der Waals surface area contributed by atoms with E-state index in [1.54, 1.807) is 39.1 Å². The Labute approximate surface area is 151 Å². The summed E-state index contributed by atoms with van der Waals surface area (Å²) in [6.07, 6.45) is 0. The topological polar surface area (TPSA) is 107 Å². The number of nitrogens with one attached hydrogen (secondary N) is 4. The van der Waals surface area contributed by atoms with Gasteiger partial charge < -0.3 is 5.32 Å². The highest BCUT2D eigenvalue weighted by atomic mass is 32.2. The Bertz CT molecular complexity index is 759. The van der Waals surface area contributed by atoms with Crippen molar-refractivity contribution in [1.82, 2.24) is 20.9 Å². The Kier molecular flexibility index (Phi) is 7.68. The van der Waals surface area contributed by atoms with Crippen LogP contribution in [0.5, 0.6) is 0 Å². The molecule has 0 bridgehead atoms. The molecular formula is C13H18N6O2S3. The molecule has 4 N–H and O–H groups in total. The zero-order valence-electron chi connectivity index (χ0n) is 13.3. The van der Waals surface area contributed by atoms with Crippen LogP contribution in [0.1, 0.15) is 13.8 Å². The van der Waals surface area contributed by atoms with Crippen molar-refractivity contribution in [3.8, 4) is 0 Å². The number of thiocarbonyl (C=S) groups is 2. The van der Waals surface area contributed by atoms with Crippen LogP contribution < -0.4 is 20.9 Å². The molecular weight excluding hydrogens is 368 g/mol. The zero-order valence-corrected chi connectivity index (χ0v) is 15.8. The lowest BCUT2D eigenvalue weighted by Crippen LogP contribution is -2.37. The molecule has 8 nitrogen and oxygen atoms in total. The number of benzene rings is 1. The van der Waals surface area contributed by atoms with Crippen LogP contribution in [-0.4, -0.2) is 37.1 Å². The maximum Gasteiger partial charge on any atom is 0.263 e. The molecule has 0 fully saturated rings. The fraction of sp³-hybridized carbons (Fsp3) is 0.231. The molecule has 0 atom stereocenters. The van der Waals surface area contributed by atoms with Crippen LogP contribution in [-0.2, 0) is 10.0 Å². The van der Waals surface area contributed by atoms with E-state index in [1.165, 1.54) is 12.1 Å². The van der Waals surface area contributed by atoms with E-state index in [0.29, 0.717) is 16.5 Å². The molecule has 0 radical (unpaired) electrons. The Balaban J connectivity index is 2.66. The standard InChI is InChI=1S/C13H18N6O2S3/c1-9(15-17-12(22)14-3)10(2)16-18-13(23)19-24(20,21)11-7-5-4-6-8-11/h4-8H,1-3H3,(H2,14,17,22)(H2,18,19,23)/b15-9+,16-10+. The normalized spacial score (nSPS) is 12.3. The number of hydrogen-bond acceptors (Lipinski definition) is 6. The number of rotatable bonds is 5. The third-order valence-corrected chi connectivity index (χ3v) is 4.67. The van der Waals surface area contributed by atoms with Gasteiger partial charge >= 0.3 is 0 Å². The predicted molar refractivity (Wildman–Crippen MR) is 104 cm³/mol. The molecule has 11 heteroatoms. The molecule has 1 rings (SSSR count). The SMILES string of the molecule is CNC(=S)N/N=C(C)/C(C)=N/NC(=S)NS(=O)(=O)c1ccccc1. The molecule has 1 aromatic rings. The van der Waals surface area contributed by atoms with Gasteiger partial charge in [-0.1, -0.05) is 18.2 Å². The van der Waals surface area contributed by atoms with Crippen molar-refractivity contribution in [3.63, 3.8) is 0 Å². The highest BCUT2D eigenvalue weighted by Crippen LogP contribution is 2.06. The molecule has 0 heterocycles. The second kappa shape index (κ2) is 9.25. The fourth-order valence-corrected chi connectivity index (χ4v) is 2.63. The number of hydrogen-bond donors (Lipinski definition) is 4. The summed E-state index contributed by atoms with van der Waals surface area (Å²) in [5, 5.41) is 10.9. The van der Waals surface area contributed by atoms with Crippen molar-refractivity contribution in [2.45, 2.75) is 18.7 Å². The van der Waals surface area contributed by atoms with Crippen LogP contribution >= 0.6 is 24.4 Å². The van der Waals surface area contributed by atoms with Gasteiger partial charge in [-0.3, -0.25) is 15.6 Å². The van der Waals surface area contributed by atoms with Crippen LogP contribution in [0.15, 0.2) is 45.4 Å². The summed E-state index contributed by atoms with van der Waals surface area (Å²) in [5.41, 5.74) is 6.13. The monoisotopic (exact) mass is 386 g/mol. The first kappa shape index (κ1) is 19.9. The molecule has 0 saturated carbocycles. The number of sulfonamides is 1. The first-order valence-corrected chi connectivity index (χ1v) is 9.00. The fourth-order valence-electron chi connectivity index (χ4n) is 1.29. The van der Waals surface area contributed by atoms with Crippen molar-refractivity contribution in [3.05, 3.63) is 30.3 Å². The summed E-state index contributed by atoms with van der Waals surface area (Å²) in [4.78, 5) is 0.109. The van der Waals surface area contributed by atoms with Crippen LogP contribution in [0.4, 0.5) is 0 Å².